The molecule has 2 aromatic rings. The fourth-order valence-electron chi connectivity index (χ4n) is 1.91. The molecule has 0 aromatic carbocycles. The lowest BCUT2D eigenvalue weighted by Crippen LogP contribution is -2.29. The van der Waals surface area contributed by atoms with Gasteiger partial charge in [0.05, 0.1) is 0 Å². The van der Waals surface area contributed by atoms with Gasteiger partial charge in [-0.2, -0.15) is 0 Å². The molecule has 0 saturated carbocycles. The topological polar surface area (TPSA) is 62.3 Å². The number of pyridine rings is 1. The van der Waals surface area contributed by atoms with Crippen LogP contribution in [0.25, 0.3) is 0 Å². The fraction of sp³-hybridized carbons (Fsp3) is 0.357. The van der Waals surface area contributed by atoms with Gasteiger partial charge in [0, 0.05) is 31.2 Å². The average molecular weight is 325 g/mol. The van der Waals surface area contributed by atoms with E-state index in [4.69, 9.17) is 0 Å². The summed E-state index contributed by atoms with van der Waals surface area (Å²) in [5.41, 5.74) is 0. The van der Waals surface area contributed by atoms with Gasteiger partial charge < -0.3 is 5.32 Å². The Bertz CT molecular complexity index is 669. The molecule has 2 rings (SSSR count). The summed E-state index contributed by atoms with van der Waals surface area (Å²) in [7, 11) is -1.93. The van der Waals surface area contributed by atoms with Crippen LogP contribution in [0.4, 0.5) is 5.82 Å². The molecule has 0 bridgehead atoms. The average Bonchev–Trinajstić information content (AvgIpc) is 2.98. The molecule has 5 nitrogen and oxygen atoms in total. The van der Waals surface area contributed by atoms with Gasteiger partial charge >= 0.3 is 0 Å². The van der Waals surface area contributed by atoms with Crippen LogP contribution in [-0.4, -0.2) is 37.8 Å². The first-order valence-electron chi connectivity index (χ1n) is 6.73. The molecule has 0 aliphatic carbocycles. The maximum atomic E-state index is 12.6. The van der Waals surface area contributed by atoms with Crippen LogP contribution in [0, 0.1) is 0 Å². The van der Waals surface area contributed by atoms with Crippen LogP contribution in [0.1, 0.15) is 11.8 Å². The number of thiophene rings is 1. The molecular weight excluding hydrogens is 306 g/mol. The Labute approximate surface area is 129 Å². The van der Waals surface area contributed by atoms with E-state index in [0.717, 1.165) is 0 Å². The van der Waals surface area contributed by atoms with Crippen molar-refractivity contribution in [2.24, 2.45) is 0 Å². The molecule has 21 heavy (non-hydrogen) atoms. The van der Waals surface area contributed by atoms with Gasteiger partial charge in [-0.05, 0) is 36.9 Å². The van der Waals surface area contributed by atoms with Crippen molar-refractivity contribution in [2.75, 3.05) is 25.5 Å². The summed E-state index contributed by atoms with van der Waals surface area (Å²) in [5.74, 6) is 0.406. The van der Waals surface area contributed by atoms with Crippen LogP contribution < -0.4 is 5.32 Å². The molecule has 0 radical (unpaired) electrons. The highest BCUT2D eigenvalue weighted by Gasteiger charge is 2.24. The maximum Gasteiger partial charge on any atom is 0.246 e. The third-order valence-corrected chi connectivity index (χ3v) is 5.88. The Balaban J connectivity index is 2.16. The lowest BCUT2D eigenvalue weighted by Gasteiger charge is -2.18. The number of hydrogen-bond acceptors (Lipinski definition) is 5. The third kappa shape index (κ3) is 3.81. The largest absolute Gasteiger partial charge is 0.369 e. The van der Waals surface area contributed by atoms with Crippen molar-refractivity contribution < 1.29 is 8.42 Å². The first-order valence-corrected chi connectivity index (χ1v) is 9.05. The summed E-state index contributed by atoms with van der Waals surface area (Å²) in [6, 6.07) is 7.21. The second-order valence-electron chi connectivity index (χ2n) is 4.54. The van der Waals surface area contributed by atoms with E-state index in [2.05, 4.69) is 10.3 Å². The van der Waals surface area contributed by atoms with Crippen molar-refractivity contribution >= 4 is 27.2 Å². The molecular formula is C14H19N3O2S2. The van der Waals surface area contributed by atoms with Gasteiger partial charge in [0.1, 0.15) is 10.7 Å². The first-order chi connectivity index (χ1) is 10.1. The Kier molecular flexibility index (Phi) is 5.33. The van der Waals surface area contributed by atoms with E-state index in [1.807, 2.05) is 24.4 Å². The molecule has 0 saturated heterocycles. The van der Waals surface area contributed by atoms with Crippen LogP contribution in [0.15, 0.2) is 40.7 Å². The first kappa shape index (κ1) is 15.9. The molecule has 2 heterocycles. The standard InChI is InChI=1S/C14H19N3O2S2/c1-3-15-14-13(7-4-9-16-14)21(18,19)17(2)10-8-12-6-5-11-20-12/h4-7,9,11H,3,8,10H2,1-2H3,(H,15,16). The molecule has 0 atom stereocenters. The van der Waals surface area contributed by atoms with Gasteiger partial charge in [-0.1, -0.05) is 6.07 Å². The van der Waals surface area contributed by atoms with Crippen LogP contribution >= 0.6 is 11.3 Å². The van der Waals surface area contributed by atoms with Crippen molar-refractivity contribution in [3.05, 3.63) is 40.7 Å². The van der Waals surface area contributed by atoms with E-state index in [1.54, 1.807) is 36.7 Å². The molecule has 0 aliphatic rings. The van der Waals surface area contributed by atoms with Crippen molar-refractivity contribution in [3.63, 3.8) is 0 Å². The van der Waals surface area contributed by atoms with E-state index >= 15 is 0 Å². The van der Waals surface area contributed by atoms with Gasteiger partial charge in [0.25, 0.3) is 0 Å². The smallest absolute Gasteiger partial charge is 0.246 e. The van der Waals surface area contributed by atoms with Crippen LogP contribution in [0.5, 0.6) is 0 Å². The number of anilines is 1. The van der Waals surface area contributed by atoms with E-state index in [0.29, 0.717) is 25.3 Å². The van der Waals surface area contributed by atoms with E-state index in [9.17, 15) is 8.42 Å². The fourth-order valence-corrected chi connectivity index (χ4v) is 3.89. The number of hydrogen-bond donors (Lipinski definition) is 1. The predicted molar refractivity (Wildman–Crippen MR) is 86.2 cm³/mol. The minimum Gasteiger partial charge on any atom is -0.369 e. The van der Waals surface area contributed by atoms with Gasteiger partial charge in [-0.25, -0.2) is 17.7 Å². The molecule has 7 heteroatoms. The van der Waals surface area contributed by atoms with Crippen molar-refractivity contribution in [2.45, 2.75) is 18.2 Å². The van der Waals surface area contributed by atoms with Gasteiger partial charge in [-0.15, -0.1) is 11.3 Å². The van der Waals surface area contributed by atoms with Crippen molar-refractivity contribution in [1.82, 2.24) is 9.29 Å². The molecule has 0 aliphatic heterocycles. The van der Waals surface area contributed by atoms with Crippen LogP contribution in [0.3, 0.4) is 0 Å². The van der Waals surface area contributed by atoms with Crippen molar-refractivity contribution in [1.29, 1.82) is 0 Å². The second-order valence-corrected chi connectivity index (χ2v) is 7.58. The molecule has 1 N–H and O–H groups in total. The van der Waals surface area contributed by atoms with Crippen LogP contribution in [0.2, 0.25) is 0 Å². The lowest BCUT2D eigenvalue weighted by atomic mass is 10.3. The Morgan fingerprint density at radius 1 is 1.33 bits per heavy atom. The zero-order valence-corrected chi connectivity index (χ0v) is 13.7. The van der Waals surface area contributed by atoms with Crippen molar-refractivity contribution in [3.8, 4) is 0 Å². The zero-order chi connectivity index (χ0) is 15.3. The number of likely N-dealkylation sites (N-methyl/N-ethyl adjacent to an activating group) is 1. The normalized spacial score (nSPS) is 11.8. The highest BCUT2D eigenvalue weighted by atomic mass is 32.2. The van der Waals surface area contributed by atoms with Gasteiger partial charge in [0.15, 0.2) is 0 Å². The predicted octanol–water partition coefficient (Wildman–Crippen LogP) is 2.44. The number of nitrogens with one attached hydrogen (secondary N) is 1. The number of aromatic nitrogens is 1. The molecule has 0 unspecified atom stereocenters. The Hall–Kier alpha value is -1.44. The molecule has 114 valence electrons. The highest BCUT2D eigenvalue weighted by Crippen LogP contribution is 2.22. The Morgan fingerprint density at radius 2 is 2.14 bits per heavy atom. The summed E-state index contributed by atoms with van der Waals surface area (Å²) in [5, 5.41) is 4.99. The molecule has 0 spiro atoms. The summed E-state index contributed by atoms with van der Waals surface area (Å²) >= 11 is 1.64. The number of sulfonamides is 1. The zero-order valence-electron chi connectivity index (χ0n) is 12.1. The minimum absolute atomic E-state index is 0.223. The SMILES string of the molecule is CCNc1ncccc1S(=O)(=O)N(C)CCc1cccs1. The van der Waals surface area contributed by atoms with Gasteiger partial charge in [-0.3, -0.25) is 0 Å². The summed E-state index contributed by atoms with van der Waals surface area (Å²) in [6.45, 7) is 2.98. The third-order valence-electron chi connectivity index (χ3n) is 3.06. The molecule has 2 aromatic heterocycles. The van der Waals surface area contributed by atoms with Crippen LogP contribution in [-0.2, 0) is 16.4 Å². The molecule has 0 fully saturated rings. The van der Waals surface area contributed by atoms with E-state index < -0.39 is 10.0 Å². The quantitative estimate of drug-likeness (QED) is 0.849. The monoisotopic (exact) mass is 325 g/mol. The summed E-state index contributed by atoms with van der Waals surface area (Å²) < 4.78 is 26.7. The maximum absolute atomic E-state index is 12.6. The number of rotatable bonds is 7. The van der Waals surface area contributed by atoms with E-state index in [1.165, 1.54) is 9.18 Å². The lowest BCUT2D eigenvalue weighted by molar-refractivity contribution is 0.473. The highest BCUT2D eigenvalue weighted by molar-refractivity contribution is 7.89. The minimum atomic E-state index is -3.53. The summed E-state index contributed by atoms with van der Waals surface area (Å²) in [4.78, 5) is 5.51. The number of nitrogens with zero attached hydrogens (tertiary/aromatic N) is 2. The molecule has 0 amide bonds. The summed E-state index contributed by atoms with van der Waals surface area (Å²) in [6.07, 6.45) is 2.30. The Morgan fingerprint density at radius 3 is 2.81 bits per heavy atom. The second kappa shape index (κ2) is 7.02. The van der Waals surface area contributed by atoms with E-state index in [-0.39, 0.29) is 4.90 Å². The van der Waals surface area contributed by atoms with Gasteiger partial charge in [0.2, 0.25) is 10.0 Å².